The van der Waals surface area contributed by atoms with Gasteiger partial charge in [0.15, 0.2) is 0 Å². The van der Waals surface area contributed by atoms with Crippen LogP contribution in [0.3, 0.4) is 0 Å². The predicted octanol–water partition coefficient (Wildman–Crippen LogP) is 5.68. The molecule has 0 N–H and O–H groups in total. The Labute approximate surface area is 142 Å². The van der Waals surface area contributed by atoms with Crippen molar-refractivity contribution in [1.82, 2.24) is 0 Å². The first kappa shape index (κ1) is 24.0. The smallest absolute Gasteiger partial charge is 0.358 e. The Balaban J connectivity index is -0.000000393. The number of benzene rings is 1. The molecule has 0 nitrogen and oxygen atoms in total. The van der Waals surface area contributed by atoms with Crippen LogP contribution in [0.1, 0.15) is 30.9 Å². The van der Waals surface area contributed by atoms with Crippen LogP contribution in [0.5, 0.6) is 0 Å². The van der Waals surface area contributed by atoms with E-state index < -0.39 is 0 Å². The van der Waals surface area contributed by atoms with Gasteiger partial charge in [0.25, 0.3) is 0 Å². The van der Waals surface area contributed by atoms with Gasteiger partial charge in [0.05, 0.1) is 0 Å². The molecule has 0 aliphatic rings. The summed E-state index contributed by atoms with van der Waals surface area (Å²) in [5.74, 6) is 0.616. The van der Waals surface area contributed by atoms with Gasteiger partial charge in [-0.2, -0.15) is 6.07 Å². The van der Waals surface area contributed by atoms with E-state index >= 15 is 0 Å². The first-order valence-corrected chi connectivity index (χ1v) is 7.84. The molecule has 3 radical (unpaired) electrons. The van der Waals surface area contributed by atoms with Crippen LogP contribution in [0.25, 0.3) is 10.8 Å². The zero-order valence-electron chi connectivity index (χ0n) is 13.5. The van der Waals surface area contributed by atoms with Gasteiger partial charge in [0.1, 0.15) is 0 Å². The maximum Gasteiger partial charge on any atom is 3.00 e. The number of rotatable bonds is 1. The summed E-state index contributed by atoms with van der Waals surface area (Å²) in [6, 6.07) is 11.1. The number of hydrogen-bond acceptors (Lipinski definition) is 0. The van der Waals surface area contributed by atoms with E-state index in [2.05, 4.69) is 64.2 Å². The van der Waals surface area contributed by atoms with Crippen LogP contribution >= 0.6 is 0 Å². The largest absolute Gasteiger partial charge is 3.00 e. The number of aryl methyl sites for hydroxylation is 1. The normalized spacial score (nSPS) is 8.74. The van der Waals surface area contributed by atoms with Crippen molar-refractivity contribution in [2.24, 2.45) is 0 Å². The van der Waals surface area contributed by atoms with Gasteiger partial charge in [-0.05, 0) is 5.92 Å². The van der Waals surface area contributed by atoms with Crippen molar-refractivity contribution in [2.45, 2.75) is 39.8 Å². The summed E-state index contributed by atoms with van der Waals surface area (Å²) in [4.78, 5) is 0. The van der Waals surface area contributed by atoms with Crippen molar-refractivity contribution in [3.05, 3.63) is 56.3 Å². The summed E-state index contributed by atoms with van der Waals surface area (Å²) in [6.45, 7) is 11.0. The SMILES string of the molecule is C[Si]C.Cc1cc2c(C(C)C)cccc2[cH-]1.[CH3-].[CH3-].[Zr+3]. The van der Waals surface area contributed by atoms with Crippen molar-refractivity contribution in [3.8, 4) is 0 Å². The fourth-order valence-corrected chi connectivity index (χ4v) is 1.91. The van der Waals surface area contributed by atoms with E-state index in [1.165, 1.54) is 21.9 Å². The first-order chi connectivity index (χ1) is 7.60. The second kappa shape index (κ2) is 11.7. The average Bonchev–Trinajstić information content (AvgIpc) is 2.58. The molecule has 2 rings (SSSR count). The monoisotopic (exact) mass is 349 g/mol. The van der Waals surface area contributed by atoms with Crippen molar-refractivity contribution < 1.29 is 26.2 Å². The topological polar surface area (TPSA) is 0 Å². The van der Waals surface area contributed by atoms with Gasteiger partial charge in [-0.15, -0.1) is 34.5 Å². The van der Waals surface area contributed by atoms with Gasteiger partial charge in [0.2, 0.25) is 0 Å². The summed E-state index contributed by atoms with van der Waals surface area (Å²) in [6.07, 6.45) is 0. The Morgan fingerprint density at radius 2 is 1.63 bits per heavy atom. The van der Waals surface area contributed by atoms with Crippen molar-refractivity contribution in [3.63, 3.8) is 0 Å². The van der Waals surface area contributed by atoms with Gasteiger partial charge in [-0.3, -0.25) is 0 Å². The Morgan fingerprint density at radius 1 is 1.11 bits per heavy atom. The molecule has 0 heterocycles. The third-order valence-electron chi connectivity index (χ3n) is 2.55. The molecule has 0 atom stereocenters. The van der Waals surface area contributed by atoms with E-state index in [9.17, 15) is 0 Å². The Hall–Kier alpha value is -0.0700. The average molecular weight is 351 g/mol. The maximum atomic E-state index is 2.28. The molecule has 0 unspecified atom stereocenters. The number of fused-ring (bicyclic) bond motifs is 1. The van der Waals surface area contributed by atoms with Crippen LogP contribution in [0.2, 0.25) is 13.1 Å². The van der Waals surface area contributed by atoms with Crippen LogP contribution in [-0.2, 0) is 26.2 Å². The molecule has 0 aromatic heterocycles. The van der Waals surface area contributed by atoms with E-state index in [0.717, 1.165) is 9.52 Å². The van der Waals surface area contributed by atoms with E-state index in [1.807, 2.05) is 0 Å². The van der Waals surface area contributed by atoms with E-state index in [0.29, 0.717) is 5.92 Å². The quantitative estimate of drug-likeness (QED) is 0.459. The van der Waals surface area contributed by atoms with Gasteiger partial charge in [0, 0.05) is 9.52 Å². The van der Waals surface area contributed by atoms with Gasteiger partial charge in [-0.25, -0.2) is 0 Å². The molecule has 0 aliphatic heterocycles. The molecule has 2 heteroatoms. The second-order valence-corrected chi connectivity index (χ2v) is 5.54. The van der Waals surface area contributed by atoms with Crippen LogP contribution in [-0.4, -0.2) is 9.52 Å². The van der Waals surface area contributed by atoms with Gasteiger partial charge < -0.3 is 14.9 Å². The van der Waals surface area contributed by atoms with Gasteiger partial charge in [-0.1, -0.05) is 45.5 Å². The maximum absolute atomic E-state index is 2.28. The standard InChI is InChI=1S/C13H15.C2H6Si.2CH3.Zr/c1-9(2)12-6-4-5-11-7-10(3)8-13(11)12;1-3-2;;;/h4-9H,1-3H3;1-2H3;2*1H3;/q-1;;2*-1;+3. The molecule has 0 saturated heterocycles. The molecule has 103 valence electrons. The summed E-state index contributed by atoms with van der Waals surface area (Å²) >= 11 is 0. The molecular weight excluding hydrogens is 323 g/mol. The molecule has 19 heavy (non-hydrogen) atoms. The fraction of sp³-hybridized carbons (Fsp3) is 0.353. The molecule has 0 amide bonds. The minimum absolute atomic E-state index is 0. The van der Waals surface area contributed by atoms with Crippen molar-refractivity contribution >= 4 is 20.3 Å². The van der Waals surface area contributed by atoms with Crippen molar-refractivity contribution in [1.29, 1.82) is 0 Å². The summed E-state index contributed by atoms with van der Waals surface area (Å²) in [5, 5.41) is 2.80. The molecule has 0 aliphatic carbocycles. The zero-order valence-corrected chi connectivity index (χ0v) is 16.9. The summed E-state index contributed by atoms with van der Waals surface area (Å²) < 4.78 is 0. The van der Waals surface area contributed by atoms with E-state index in [1.54, 1.807) is 0 Å². The third kappa shape index (κ3) is 6.77. The first-order valence-electron chi connectivity index (χ1n) is 5.84. The summed E-state index contributed by atoms with van der Waals surface area (Å²) in [5.41, 5.74) is 2.83. The van der Waals surface area contributed by atoms with Crippen molar-refractivity contribution in [2.75, 3.05) is 0 Å². The second-order valence-electron chi connectivity index (χ2n) is 4.54. The molecule has 0 bridgehead atoms. The Morgan fingerprint density at radius 3 is 2.11 bits per heavy atom. The Bertz CT molecular complexity index is 443. The van der Waals surface area contributed by atoms with Gasteiger partial charge >= 0.3 is 26.2 Å². The molecule has 0 saturated carbocycles. The molecular formula is C17H27SiZr. The van der Waals surface area contributed by atoms with Crippen LogP contribution in [0.15, 0.2) is 30.3 Å². The summed E-state index contributed by atoms with van der Waals surface area (Å²) in [7, 11) is 1.08. The predicted molar refractivity (Wildman–Crippen MR) is 88.7 cm³/mol. The number of hydrogen-bond donors (Lipinski definition) is 0. The third-order valence-corrected chi connectivity index (χ3v) is 2.55. The van der Waals surface area contributed by atoms with E-state index in [4.69, 9.17) is 0 Å². The molecule has 0 spiro atoms. The van der Waals surface area contributed by atoms with Crippen LogP contribution < -0.4 is 0 Å². The Kier molecular flexibility index (Phi) is 14.8. The van der Waals surface area contributed by atoms with Crippen LogP contribution in [0.4, 0.5) is 0 Å². The minimum Gasteiger partial charge on any atom is -0.358 e. The van der Waals surface area contributed by atoms with E-state index in [-0.39, 0.29) is 41.1 Å². The molecule has 2 aromatic rings. The zero-order chi connectivity index (χ0) is 12.1. The van der Waals surface area contributed by atoms with Crippen LogP contribution in [0, 0.1) is 21.8 Å². The fourth-order valence-electron chi connectivity index (χ4n) is 1.91. The molecule has 0 fully saturated rings. The minimum atomic E-state index is 0. The molecule has 2 aromatic carbocycles.